The third-order valence-electron chi connectivity index (χ3n) is 2.15. The van der Waals surface area contributed by atoms with Gasteiger partial charge in [-0.25, -0.2) is 12.1 Å². The van der Waals surface area contributed by atoms with Gasteiger partial charge in [0, 0.05) is 0 Å². The van der Waals surface area contributed by atoms with Crippen LogP contribution in [0.15, 0.2) is 48.5 Å². The molecule has 0 amide bonds. The van der Waals surface area contributed by atoms with E-state index < -0.39 is 0 Å². The first-order valence-electron chi connectivity index (χ1n) is 5.36. The summed E-state index contributed by atoms with van der Waals surface area (Å²) in [6, 6.07) is 15.0. The summed E-state index contributed by atoms with van der Waals surface area (Å²) in [5.41, 5.74) is 1.96. The number of carbonyl (C=O) groups is 2. The molecule has 2 rings (SSSR count). The summed E-state index contributed by atoms with van der Waals surface area (Å²) in [4.78, 5) is 20.6. The van der Waals surface area contributed by atoms with Crippen LogP contribution in [-0.2, 0) is 39.5 Å². The molecular formula is C14H12Cl2FeO2. The molecule has 2 aromatic rings. The van der Waals surface area contributed by atoms with E-state index in [9.17, 15) is 9.59 Å². The fourth-order valence-electron chi connectivity index (χ4n) is 1.38. The summed E-state index contributed by atoms with van der Waals surface area (Å²) < 4.78 is 0. The van der Waals surface area contributed by atoms with Crippen LogP contribution in [-0.4, -0.2) is 10.5 Å². The van der Waals surface area contributed by atoms with Gasteiger partial charge in [0.25, 0.3) is 0 Å². The Morgan fingerprint density at radius 1 is 0.895 bits per heavy atom. The Labute approximate surface area is 132 Å². The molecule has 0 bridgehead atoms. The monoisotopic (exact) mass is 338 g/mol. The second-order valence-electron chi connectivity index (χ2n) is 3.65. The summed E-state index contributed by atoms with van der Waals surface area (Å²) in [7, 11) is 0. The van der Waals surface area contributed by atoms with Gasteiger partial charge in [-0.3, -0.25) is 9.59 Å². The van der Waals surface area contributed by atoms with Crippen molar-refractivity contribution >= 4 is 33.7 Å². The molecule has 0 aromatic heterocycles. The molecule has 0 saturated heterocycles. The van der Waals surface area contributed by atoms with Crippen molar-refractivity contribution in [3.8, 4) is 0 Å². The minimum absolute atomic E-state index is 0. The quantitative estimate of drug-likeness (QED) is 0.486. The molecule has 2 aromatic carbocycles. The molecule has 102 valence electrons. The minimum atomic E-state index is -0.304. The summed E-state index contributed by atoms with van der Waals surface area (Å²) >= 11 is 10.3. The van der Waals surface area contributed by atoms with Gasteiger partial charge in [-0.2, -0.15) is 47.5 Å². The first-order chi connectivity index (χ1) is 8.58. The standard InChI is InChI=1S/2C7H6ClO.Fe/c2*8-7(9)5-6-3-1-2-4-6;/h2*1-4H,5H2;/q2*-1;+2. The predicted molar refractivity (Wildman–Crippen MR) is 73.2 cm³/mol. The Bertz CT molecular complexity index is 429. The van der Waals surface area contributed by atoms with E-state index in [1.807, 2.05) is 48.5 Å². The van der Waals surface area contributed by atoms with Crippen molar-refractivity contribution in [2.45, 2.75) is 12.8 Å². The van der Waals surface area contributed by atoms with E-state index in [0.717, 1.165) is 11.1 Å². The molecule has 0 saturated carbocycles. The van der Waals surface area contributed by atoms with Crippen molar-refractivity contribution in [2.24, 2.45) is 0 Å². The van der Waals surface area contributed by atoms with Gasteiger partial charge in [0.1, 0.15) is 0 Å². The molecule has 2 nitrogen and oxygen atoms in total. The zero-order chi connectivity index (χ0) is 13.4. The van der Waals surface area contributed by atoms with Crippen LogP contribution < -0.4 is 0 Å². The number of hydrogen-bond donors (Lipinski definition) is 0. The molecule has 0 unspecified atom stereocenters. The molecule has 0 fully saturated rings. The maximum Gasteiger partial charge on any atom is 2.00 e. The average molecular weight is 339 g/mol. The summed E-state index contributed by atoms with van der Waals surface area (Å²) in [5, 5.41) is -0.609. The van der Waals surface area contributed by atoms with Gasteiger partial charge in [-0.05, 0) is 36.0 Å². The van der Waals surface area contributed by atoms with Gasteiger partial charge in [0.2, 0.25) is 10.5 Å². The van der Waals surface area contributed by atoms with Crippen LogP contribution in [0.3, 0.4) is 0 Å². The van der Waals surface area contributed by atoms with Gasteiger partial charge in [-0.1, -0.05) is 0 Å². The zero-order valence-electron chi connectivity index (χ0n) is 9.96. The van der Waals surface area contributed by atoms with Crippen molar-refractivity contribution in [1.82, 2.24) is 0 Å². The van der Waals surface area contributed by atoms with Crippen LogP contribution in [0.25, 0.3) is 0 Å². The molecular weight excluding hydrogens is 327 g/mol. The van der Waals surface area contributed by atoms with Crippen LogP contribution >= 0.6 is 23.2 Å². The molecule has 0 aliphatic heterocycles. The second-order valence-corrected chi connectivity index (χ2v) is 4.49. The van der Waals surface area contributed by atoms with E-state index in [2.05, 4.69) is 0 Å². The predicted octanol–water partition coefficient (Wildman–Crippen LogP) is 3.42. The van der Waals surface area contributed by atoms with Gasteiger partial charge in [-0.15, -0.1) is 0 Å². The van der Waals surface area contributed by atoms with Crippen LogP contribution in [0, 0.1) is 0 Å². The van der Waals surface area contributed by atoms with Crippen molar-refractivity contribution < 1.29 is 26.7 Å². The molecule has 0 spiro atoms. The second kappa shape index (κ2) is 9.99. The van der Waals surface area contributed by atoms with Crippen molar-refractivity contribution in [3.05, 3.63) is 59.7 Å². The largest absolute Gasteiger partial charge is 2.00 e. The molecule has 0 aliphatic rings. The van der Waals surface area contributed by atoms with E-state index in [0.29, 0.717) is 12.8 Å². The van der Waals surface area contributed by atoms with Crippen LogP contribution in [0.2, 0.25) is 0 Å². The first-order valence-corrected chi connectivity index (χ1v) is 6.11. The Morgan fingerprint density at radius 3 is 1.47 bits per heavy atom. The number of hydrogen-bond acceptors (Lipinski definition) is 2. The molecule has 0 atom stereocenters. The van der Waals surface area contributed by atoms with E-state index in [1.165, 1.54) is 0 Å². The Morgan fingerprint density at radius 2 is 1.26 bits per heavy atom. The summed E-state index contributed by atoms with van der Waals surface area (Å²) in [5.74, 6) is 0. The maximum absolute atomic E-state index is 10.3. The number of carbonyl (C=O) groups excluding carboxylic acids is 2. The van der Waals surface area contributed by atoms with Crippen LogP contribution in [0.1, 0.15) is 11.1 Å². The maximum atomic E-state index is 10.3. The van der Waals surface area contributed by atoms with Crippen molar-refractivity contribution in [2.75, 3.05) is 0 Å². The van der Waals surface area contributed by atoms with Crippen molar-refractivity contribution in [3.63, 3.8) is 0 Å². The number of halogens is 2. The first kappa shape index (κ1) is 18.1. The fourth-order valence-corrected chi connectivity index (χ4v) is 1.69. The van der Waals surface area contributed by atoms with E-state index in [-0.39, 0.29) is 27.6 Å². The minimum Gasteiger partial charge on any atom is -0.282 e. The smallest absolute Gasteiger partial charge is 0.282 e. The van der Waals surface area contributed by atoms with Crippen LogP contribution in [0.5, 0.6) is 0 Å². The molecule has 0 heterocycles. The van der Waals surface area contributed by atoms with Crippen LogP contribution in [0.4, 0.5) is 0 Å². The van der Waals surface area contributed by atoms with Gasteiger partial charge < -0.3 is 0 Å². The van der Waals surface area contributed by atoms with Gasteiger partial charge in [0.05, 0.1) is 0 Å². The van der Waals surface area contributed by atoms with Gasteiger partial charge in [0.15, 0.2) is 0 Å². The molecule has 19 heavy (non-hydrogen) atoms. The van der Waals surface area contributed by atoms with E-state index in [4.69, 9.17) is 23.2 Å². The summed E-state index contributed by atoms with van der Waals surface area (Å²) in [6.45, 7) is 0. The number of rotatable bonds is 4. The zero-order valence-corrected chi connectivity index (χ0v) is 12.6. The normalized spacial score (nSPS) is 8.95. The third-order valence-corrected chi connectivity index (χ3v) is 2.42. The Balaban J connectivity index is 0.000000324. The SMILES string of the molecule is O=C(Cl)Cc1cc[cH-]c1.O=C(Cl)Cc1cc[cH-]c1.[Fe+2]. The average Bonchev–Trinajstić information content (AvgIpc) is 2.90. The van der Waals surface area contributed by atoms with E-state index in [1.54, 1.807) is 0 Å². The third kappa shape index (κ3) is 8.79. The molecule has 0 aliphatic carbocycles. The molecule has 5 heteroatoms. The molecule has 0 radical (unpaired) electrons. The fraction of sp³-hybridized carbons (Fsp3) is 0.143. The Kier molecular flexibility index (Phi) is 9.54. The van der Waals surface area contributed by atoms with Crippen molar-refractivity contribution in [1.29, 1.82) is 0 Å². The molecule has 0 N–H and O–H groups in total. The summed E-state index contributed by atoms with van der Waals surface area (Å²) in [6.07, 6.45) is 0.684. The topological polar surface area (TPSA) is 34.1 Å². The van der Waals surface area contributed by atoms with Gasteiger partial charge >= 0.3 is 17.1 Å². The van der Waals surface area contributed by atoms with E-state index >= 15 is 0 Å². The Hall–Kier alpha value is -0.861.